The van der Waals surface area contributed by atoms with Crippen LogP contribution in [0.4, 0.5) is 0 Å². The van der Waals surface area contributed by atoms with Crippen LogP contribution < -0.4 is 5.32 Å². The van der Waals surface area contributed by atoms with E-state index in [1.807, 2.05) is 0 Å². The number of hydrogen-bond acceptors (Lipinski definition) is 5. The van der Waals surface area contributed by atoms with Crippen molar-refractivity contribution in [2.24, 2.45) is 5.92 Å². The lowest BCUT2D eigenvalue weighted by atomic mass is 10.2. The number of hydrogen-bond donors (Lipinski definition) is 1. The lowest BCUT2D eigenvalue weighted by Gasteiger charge is -2.03. The Morgan fingerprint density at radius 3 is 2.94 bits per heavy atom. The summed E-state index contributed by atoms with van der Waals surface area (Å²) in [6.45, 7) is 9.12. The predicted molar refractivity (Wildman–Crippen MR) is 60.8 cm³/mol. The molecule has 92 valence electrons. The largest absolute Gasteiger partial charge is 0.373 e. The Morgan fingerprint density at radius 2 is 2.25 bits per heavy atom. The molecule has 5 heteroatoms. The molecular formula is C11H21N3O2. The second kappa shape index (κ2) is 7.35. The molecule has 0 aliphatic heterocycles. The van der Waals surface area contributed by atoms with Gasteiger partial charge in [0.05, 0.1) is 6.54 Å². The Kier molecular flexibility index (Phi) is 6.03. The van der Waals surface area contributed by atoms with E-state index in [0.717, 1.165) is 19.6 Å². The zero-order valence-electron chi connectivity index (χ0n) is 10.3. The normalized spacial score (nSPS) is 11.2. The molecule has 0 bridgehead atoms. The first-order chi connectivity index (χ1) is 7.72. The molecule has 0 spiro atoms. The summed E-state index contributed by atoms with van der Waals surface area (Å²) in [5.74, 6) is 1.86. The lowest BCUT2D eigenvalue weighted by molar-refractivity contribution is 0.114. The maximum Gasteiger partial charge on any atom is 0.240 e. The highest BCUT2D eigenvalue weighted by molar-refractivity contribution is 4.83. The highest BCUT2D eigenvalue weighted by atomic mass is 16.5. The molecule has 16 heavy (non-hydrogen) atoms. The summed E-state index contributed by atoms with van der Waals surface area (Å²) in [7, 11) is 0. The smallest absolute Gasteiger partial charge is 0.240 e. The van der Waals surface area contributed by atoms with Crippen molar-refractivity contribution in [1.29, 1.82) is 0 Å². The van der Waals surface area contributed by atoms with Crippen molar-refractivity contribution in [2.45, 2.75) is 40.3 Å². The van der Waals surface area contributed by atoms with Crippen molar-refractivity contribution in [2.75, 3.05) is 13.2 Å². The predicted octanol–water partition coefficient (Wildman–Crippen LogP) is 1.74. The van der Waals surface area contributed by atoms with Gasteiger partial charge in [-0.1, -0.05) is 25.9 Å². The van der Waals surface area contributed by atoms with E-state index in [-0.39, 0.29) is 0 Å². The molecule has 1 rings (SSSR count). The Bertz CT molecular complexity index is 287. The first-order valence-electron chi connectivity index (χ1n) is 5.82. The highest BCUT2D eigenvalue weighted by Gasteiger charge is 2.05. The number of nitrogens with one attached hydrogen (secondary N) is 1. The van der Waals surface area contributed by atoms with Crippen molar-refractivity contribution in [1.82, 2.24) is 15.5 Å². The molecule has 5 nitrogen and oxygen atoms in total. The third-order valence-corrected chi connectivity index (χ3v) is 1.92. The van der Waals surface area contributed by atoms with Gasteiger partial charge in [0.2, 0.25) is 5.89 Å². The molecule has 0 fully saturated rings. The molecule has 1 heterocycles. The molecular weight excluding hydrogens is 206 g/mol. The van der Waals surface area contributed by atoms with E-state index < -0.39 is 0 Å². The van der Waals surface area contributed by atoms with Crippen molar-refractivity contribution in [3.05, 3.63) is 11.7 Å². The van der Waals surface area contributed by atoms with Gasteiger partial charge < -0.3 is 14.6 Å². The molecule has 0 radical (unpaired) electrons. The molecule has 0 atom stereocenters. The van der Waals surface area contributed by atoms with Crippen LogP contribution in [0.15, 0.2) is 4.52 Å². The minimum atomic E-state index is 0.432. The maximum absolute atomic E-state index is 5.32. The van der Waals surface area contributed by atoms with Crippen LogP contribution in [-0.2, 0) is 17.9 Å². The number of nitrogens with zero attached hydrogens (tertiary/aromatic N) is 2. The molecule has 0 aromatic carbocycles. The Hall–Kier alpha value is -0.940. The van der Waals surface area contributed by atoms with Gasteiger partial charge in [-0.15, -0.1) is 0 Å². The van der Waals surface area contributed by atoms with Crippen LogP contribution in [0.25, 0.3) is 0 Å². The van der Waals surface area contributed by atoms with E-state index in [1.54, 1.807) is 0 Å². The van der Waals surface area contributed by atoms with E-state index in [9.17, 15) is 0 Å². The number of ether oxygens (including phenoxy) is 1. The fraction of sp³-hybridized carbons (Fsp3) is 0.818. The monoisotopic (exact) mass is 227 g/mol. The summed E-state index contributed by atoms with van der Waals surface area (Å²) >= 11 is 0. The topological polar surface area (TPSA) is 60.2 Å². The van der Waals surface area contributed by atoms with Crippen molar-refractivity contribution < 1.29 is 9.26 Å². The summed E-state index contributed by atoms with van der Waals surface area (Å²) in [5, 5.41) is 7.08. The van der Waals surface area contributed by atoms with Crippen LogP contribution in [0.5, 0.6) is 0 Å². The Labute approximate surface area is 96.6 Å². The van der Waals surface area contributed by atoms with E-state index in [1.165, 1.54) is 0 Å². The zero-order chi connectivity index (χ0) is 11.8. The first-order valence-corrected chi connectivity index (χ1v) is 5.82. The average molecular weight is 227 g/mol. The summed E-state index contributed by atoms with van der Waals surface area (Å²) < 4.78 is 10.4. The van der Waals surface area contributed by atoms with Crippen molar-refractivity contribution in [3.63, 3.8) is 0 Å². The molecule has 0 saturated carbocycles. The quantitative estimate of drug-likeness (QED) is 0.685. The van der Waals surface area contributed by atoms with Gasteiger partial charge in [0.1, 0.15) is 6.61 Å². The molecule has 1 aromatic rings. The SMILES string of the molecule is CCCOCc1noc(CNCC(C)C)n1. The van der Waals surface area contributed by atoms with Gasteiger partial charge in [-0.25, -0.2) is 0 Å². The Balaban J connectivity index is 2.22. The maximum atomic E-state index is 5.32. The summed E-state index contributed by atoms with van der Waals surface area (Å²) in [6.07, 6.45) is 1.00. The third-order valence-electron chi connectivity index (χ3n) is 1.92. The van der Waals surface area contributed by atoms with Crippen molar-refractivity contribution >= 4 is 0 Å². The van der Waals surface area contributed by atoms with Gasteiger partial charge >= 0.3 is 0 Å². The number of rotatable bonds is 8. The van der Waals surface area contributed by atoms with Gasteiger partial charge in [0, 0.05) is 6.61 Å². The van der Waals surface area contributed by atoms with Crippen LogP contribution in [0.1, 0.15) is 38.9 Å². The second-order valence-electron chi connectivity index (χ2n) is 4.18. The molecule has 0 aliphatic carbocycles. The molecule has 0 saturated heterocycles. The second-order valence-corrected chi connectivity index (χ2v) is 4.18. The number of aromatic nitrogens is 2. The van der Waals surface area contributed by atoms with Gasteiger partial charge in [0.15, 0.2) is 5.82 Å². The van der Waals surface area contributed by atoms with Gasteiger partial charge in [0.25, 0.3) is 0 Å². The van der Waals surface area contributed by atoms with Gasteiger partial charge in [-0.05, 0) is 18.9 Å². The Morgan fingerprint density at radius 1 is 1.44 bits per heavy atom. The van der Waals surface area contributed by atoms with E-state index >= 15 is 0 Å². The lowest BCUT2D eigenvalue weighted by Crippen LogP contribution is -2.19. The minimum Gasteiger partial charge on any atom is -0.373 e. The summed E-state index contributed by atoms with van der Waals surface area (Å²) in [6, 6.07) is 0. The molecule has 0 aliphatic rings. The van der Waals surface area contributed by atoms with E-state index in [2.05, 4.69) is 36.2 Å². The van der Waals surface area contributed by atoms with Gasteiger partial charge in [-0.3, -0.25) is 0 Å². The summed E-state index contributed by atoms with van der Waals surface area (Å²) in [4.78, 5) is 4.21. The van der Waals surface area contributed by atoms with Crippen molar-refractivity contribution in [3.8, 4) is 0 Å². The van der Waals surface area contributed by atoms with Crippen LogP contribution in [0.2, 0.25) is 0 Å². The first kappa shape index (κ1) is 13.1. The minimum absolute atomic E-state index is 0.432. The molecule has 1 N–H and O–H groups in total. The third kappa shape index (κ3) is 5.23. The standard InChI is InChI=1S/C11H21N3O2/c1-4-5-15-8-10-13-11(16-14-10)7-12-6-9(2)3/h9,12H,4-8H2,1-3H3. The molecule has 0 unspecified atom stereocenters. The fourth-order valence-electron chi connectivity index (χ4n) is 1.20. The average Bonchev–Trinajstić information content (AvgIpc) is 2.66. The summed E-state index contributed by atoms with van der Waals surface area (Å²) in [5.41, 5.74) is 0. The zero-order valence-corrected chi connectivity index (χ0v) is 10.3. The highest BCUT2D eigenvalue weighted by Crippen LogP contribution is 1.99. The van der Waals surface area contributed by atoms with Crippen LogP contribution in [-0.4, -0.2) is 23.3 Å². The van der Waals surface area contributed by atoms with E-state index in [0.29, 0.717) is 30.8 Å². The van der Waals surface area contributed by atoms with Crippen LogP contribution in [0, 0.1) is 5.92 Å². The molecule has 0 amide bonds. The fourth-order valence-corrected chi connectivity index (χ4v) is 1.20. The van der Waals surface area contributed by atoms with E-state index in [4.69, 9.17) is 9.26 Å². The van der Waals surface area contributed by atoms with Crippen LogP contribution >= 0.6 is 0 Å². The molecule has 1 aromatic heterocycles. The van der Waals surface area contributed by atoms with Crippen LogP contribution in [0.3, 0.4) is 0 Å². The van der Waals surface area contributed by atoms with Gasteiger partial charge in [-0.2, -0.15) is 4.98 Å².